The van der Waals surface area contributed by atoms with Crippen LogP contribution in [0.4, 0.5) is 4.79 Å². The van der Waals surface area contributed by atoms with E-state index in [4.69, 9.17) is 4.74 Å². The molecular weight excluding hydrogens is 432 g/mol. The number of amides is 1. The normalized spacial score (nSPS) is 19.5. The van der Waals surface area contributed by atoms with Crippen molar-refractivity contribution in [2.45, 2.75) is 44.3 Å². The number of ether oxygens (including phenoxy) is 1. The average Bonchev–Trinajstić information content (AvgIpc) is 3.08. The maximum atomic E-state index is 13.3. The Morgan fingerprint density at radius 3 is 2.19 bits per heavy atom. The van der Waals surface area contributed by atoms with E-state index in [2.05, 4.69) is 4.90 Å². The number of para-hydroxylation sites is 2. The molecule has 0 spiro atoms. The highest BCUT2D eigenvalue weighted by molar-refractivity contribution is 7.90. The fourth-order valence-corrected chi connectivity index (χ4v) is 5.62. The first-order chi connectivity index (χ1) is 15.3. The lowest BCUT2D eigenvalue weighted by atomic mass is 9.97. The number of carbonyl (C=O) groups excluding carboxylic acids is 1. The Kier molecular flexibility index (Phi) is 6.62. The Bertz CT molecular complexity index is 1120. The summed E-state index contributed by atoms with van der Waals surface area (Å²) >= 11 is 0. The van der Waals surface area contributed by atoms with Crippen molar-refractivity contribution in [3.8, 4) is 0 Å². The first-order valence-corrected chi connectivity index (χ1v) is 13.3. The lowest BCUT2D eigenvalue weighted by Crippen LogP contribution is -2.49. The molecule has 10 heteroatoms. The van der Waals surface area contributed by atoms with Crippen molar-refractivity contribution in [2.24, 2.45) is 0 Å². The van der Waals surface area contributed by atoms with E-state index in [1.165, 1.54) is 13.4 Å². The number of aryl methyl sites for hydroxylation is 1. The fraction of sp³-hybridized carbons (Fsp3) is 0.636. The topological polar surface area (TPSA) is 93.8 Å². The third-order valence-corrected chi connectivity index (χ3v) is 7.76. The van der Waals surface area contributed by atoms with E-state index in [0.717, 1.165) is 49.8 Å². The zero-order valence-electron chi connectivity index (χ0n) is 18.8. The van der Waals surface area contributed by atoms with E-state index in [1.807, 2.05) is 28.8 Å². The van der Waals surface area contributed by atoms with Gasteiger partial charge in [0.1, 0.15) is 9.84 Å². The van der Waals surface area contributed by atoms with E-state index >= 15 is 0 Å². The summed E-state index contributed by atoms with van der Waals surface area (Å²) in [5, 5.41) is 0. The molecule has 2 aliphatic heterocycles. The molecule has 9 nitrogen and oxygen atoms in total. The predicted octanol–water partition coefficient (Wildman–Crippen LogP) is 1.72. The predicted molar refractivity (Wildman–Crippen MR) is 123 cm³/mol. The molecule has 0 N–H and O–H groups in total. The Morgan fingerprint density at radius 2 is 1.59 bits per heavy atom. The van der Waals surface area contributed by atoms with Gasteiger partial charge in [-0.2, -0.15) is 0 Å². The van der Waals surface area contributed by atoms with Gasteiger partial charge in [0, 0.05) is 51.1 Å². The molecule has 0 bridgehead atoms. The molecule has 32 heavy (non-hydrogen) atoms. The van der Waals surface area contributed by atoms with Crippen LogP contribution in [-0.2, 0) is 21.1 Å². The third kappa shape index (κ3) is 4.71. The molecule has 2 aliphatic rings. The largest absolute Gasteiger partial charge is 0.453 e. The van der Waals surface area contributed by atoms with Gasteiger partial charge in [0.05, 0.1) is 23.9 Å². The minimum atomic E-state index is -3.16. The van der Waals surface area contributed by atoms with Gasteiger partial charge in [-0.15, -0.1) is 0 Å². The monoisotopic (exact) mass is 464 g/mol. The van der Waals surface area contributed by atoms with Gasteiger partial charge in [-0.1, -0.05) is 12.1 Å². The first-order valence-electron chi connectivity index (χ1n) is 11.2. The maximum Gasteiger partial charge on any atom is 0.409 e. The van der Waals surface area contributed by atoms with Gasteiger partial charge in [0.2, 0.25) is 0 Å². The number of likely N-dealkylation sites (tertiary alicyclic amines) is 2. The molecule has 0 radical (unpaired) electrons. The number of nitrogens with zero attached hydrogens (tertiary/aromatic N) is 4. The van der Waals surface area contributed by atoms with Crippen molar-refractivity contribution in [1.29, 1.82) is 0 Å². The fourth-order valence-electron chi connectivity index (χ4n) is 5.11. The van der Waals surface area contributed by atoms with Gasteiger partial charge in [-0.05, 0) is 37.8 Å². The molecule has 0 unspecified atom stereocenters. The number of fused-ring (bicyclic) bond motifs is 1. The molecule has 176 valence electrons. The van der Waals surface area contributed by atoms with Crippen LogP contribution in [0.2, 0.25) is 0 Å². The van der Waals surface area contributed by atoms with Gasteiger partial charge in [-0.25, -0.2) is 18.0 Å². The van der Waals surface area contributed by atoms with Gasteiger partial charge in [0.25, 0.3) is 0 Å². The van der Waals surface area contributed by atoms with Crippen molar-refractivity contribution in [2.75, 3.05) is 45.3 Å². The van der Waals surface area contributed by atoms with Crippen LogP contribution < -0.4 is 5.69 Å². The molecule has 1 aromatic heterocycles. The SMILES string of the molecule is COC(=O)N1CCC(N2CCC(n3c(=O)n(CCS(C)(=O)=O)c4ccccc43)CC2)CC1. The van der Waals surface area contributed by atoms with Crippen LogP contribution in [0.3, 0.4) is 0 Å². The third-order valence-electron chi connectivity index (χ3n) is 6.83. The number of hydrogen-bond acceptors (Lipinski definition) is 6. The number of piperidine rings is 2. The van der Waals surface area contributed by atoms with Crippen LogP contribution in [0.15, 0.2) is 29.1 Å². The highest BCUT2D eigenvalue weighted by Crippen LogP contribution is 2.29. The number of benzene rings is 1. The van der Waals surface area contributed by atoms with Gasteiger partial charge in [0.15, 0.2) is 0 Å². The summed E-state index contributed by atoms with van der Waals surface area (Å²) in [5.41, 5.74) is 1.54. The van der Waals surface area contributed by atoms with Crippen molar-refractivity contribution in [3.63, 3.8) is 0 Å². The number of aromatic nitrogens is 2. The quantitative estimate of drug-likeness (QED) is 0.669. The molecule has 0 aliphatic carbocycles. The van der Waals surface area contributed by atoms with Crippen molar-refractivity contribution >= 4 is 27.0 Å². The Hall–Kier alpha value is -2.33. The summed E-state index contributed by atoms with van der Waals surface area (Å²) in [7, 11) is -1.75. The number of imidazole rings is 1. The Labute approximate surface area is 188 Å². The van der Waals surface area contributed by atoms with Crippen LogP contribution in [0.25, 0.3) is 11.0 Å². The molecule has 3 heterocycles. The standard InChI is InChI=1S/C22H32N4O5S/c1-31-22(28)24-13-7-17(8-14-24)23-11-9-18(10-12-23)26-20-6-4-3-5-19(20)25(21(26)27)15-16-32(2,29)30/h3-6,17-18H,7-16H2,1-2H3. The number of carbonyl (C=O) groups is 1. The van der Waals surface area contributed by atoms with Crippen molar-refractivity contribution in [1.82, 2.24) is 18.9 Å². The Morgan fingerprint density at radius 1 is 1.00 bits per heavy atom. The summed E-state index contributed by atoms with van der Waals surface area (Å²) < 4.78 is 31.6. The van der Waals surface area contributed by atoms with Crippen molar-refractivity contribution in [3.05, 3.63) is 34.7 Å². The Balaban J connectivity index is 1.46. The minimum Gasteiger partial charge on any atom is -0.453 e. The second-order valence-electron chi connectivity index (χ2n) is 8.88. The molecule has 1 amide bonds. The van der Waals surface area contributed by atoms with Crippen LogP contribution in [0, 0.1) is 0 Å². The maximum absolute atomic E-state index is 13.3. The number of rotatable bonds is 5. The second-order valence-corrected chi connectivity index (χ2v) is 11.1. The molecule has 2 fully saturated rings. The van der Waals surface area contributed by atoms with Gasteiger partial charge >= 0.3 is 11.8 Å². The molecule has 4 rings (SSSR count). The zero-order valence-corrected chi connectivity index (χ0v) is 19.6. The summed E-state index contributed by atoms with van der Waals surface area (Å²) in [6.07, 6.45) is 4.56. The zero-order chi connectivity index (χ0) is 22.9. The first kappa shape index (κ1) is 22.8. The molecule has 2 saturated heterocycles. The number of methoxy groups -OCH3 is 1. The highest BCUT2D eigenvalue weighted by Gasteiger charge is 2.31. The van der Waals surface area contributed by atoms with E-state index in [-0.39, 0.29) is 30.1 Å². The molecule has 1 aromatic carbocycles. The summed E-state index contributed by atoms with van der Waals surface area (Å²) in [4.78, 5) is 29.2. The van der Waals surface area contributed by atoms with E-state index in [9.17, 15) is 18.0 Å². The minimum absolute atomic E-state index is 0.0520. The van der Waals surface area contributed by atoms with Crippen molar-refractivity contribution < 1.29 is 17.9 Å². The van der Waals surface area contributed by atoms with Crippen LogP contribution in [0.1, 0.15) is 31.7 Å². The van der Waals surface area contributed by atoms with Crippen LogP contribution in [0.5, 0.6) is 0 Å². The van der Waals surface area contributed by atoms with E-state index in [0.29, 0.717) is 19.1 Å². The second kappa shape index (κ2) is 9.27. The van der Waals surface area contributed by atoms with Gasteiger partial charge in [-0.3, -0.25) is 9.13 Å². The highest BCUT2D eigenvalue weighted by atomic mass is 32.2. The average molecular weight is 465 g/mol. The number of hydrogen-bond donors (Lipinski definition) is 0. The summed E-state index contributed by atoms with van der Waals surface area (Å²) in [5.74, 6) is -0.0520. The van der Waals surface area contributed by atoms with Crippen LogP contribution in [-0.4, -0.2) is 84.8 Å². The molecular formula is C22H32N4O5S. The molecule has 2 aromatic rings. The summed E-state index contributed by atoms with van der Waals surface area (Å²) in [6, 6.07) is 8.18. The smallest absolute Gasteiger partial charge is 0.409 e. The van der Waals surface area contributed by atoms with E-state index < -0.39 is 9.84 Å². The molecule has 0 saturated carbocycles. The lowest BCUT2D eigenvalue weighted by molar-refractivity contribution is 0.0686. The molecule has 0 atom stereocenters. The van der Waals surface area contributed by atoms with E-state index in [1.54, 1.807) is 9.47 Å². The van der Waals surface area contributed by atoms with Crippen LogP contribution >= 0.6 is 0 Å². The summed E-state index contributed by atoms with van der Waals surface area (Å²) in [6.45, 7) is 3.41. The number of sulfone groups is 1. The lowest BCUT2D eigenvalue weighted by Gasteiger charge is -2.41. The van der Waals surface area contributed by atoms with Gasteiger partial charge < -0.3 is 14.5 Å².